The van der Waals surface area contributed by atoms with Crippen LogP contribution in [0, 0.1) is 0 Å². The number of hydrogen-bond donors (Lipinski definition) is 2. The van der Waals surface area contributed by atoms with E-state index in [1.165, 1.54) is 17.3 Å². The second kappa shape index (κ2) is 9.20. The van der Waals surface area contributed by atoms with E-state index in [1.807, 2.05) is 60.7 Å². The molecular weight excluding hydrogens is 346 g/mol. The summed E-state index contributed by atoms with van der Waals surface area (Å²) in [4.78, 5) is 28.5. The number of hydrogen-bond acceptors (Lipinski definition) is 4. The smallest absolute Gasteiger partial charge is 0.230 e. The molecule has 0 radical (unpaired) electrons. The van der Waals surface area contributed by atoms with E-state index in [1.54, 1.807) is 0 Å². The largest absolute Gasteiger partial charge is 0.355 e. The molecule has 0 saturated heterocycles. The minimum atomic E-state index is -0.186. The van der Waals surface area contributed by atoms with Crippen molar-refractivity contribution >= 4 is 28.7 Å². The SMILES string of the molecule is O=C(CSC1=NC(c2ccccc2)CC(=O)N1)NCCc1ccccc1. The molecule has 1 unspecified atom stereocenters. The van der Waals surface area contributed by atoms with Gasteiger partial charge in [0.15, 0.2) is 5.17 Å². The number of carbonyl (C=O) groups is 2. The molecule has 0 spiro atoms. The van der Waals surface area contributed by atoms with Crippen molar-refractivity contribution in [2.24, 2.45) is 4.99 Å². The standard InChI is InChI=1S/C20H21N3O2S/c24-18-13-17(16-9-5-2-6-10-16)22-20(23-18)26-14-19(25)21-12-11-15-7-3-1-4-8-15/h1-10,17H,11-14H2,(H,21,25)(H,22,23,24). The number of nitrogens with zero attached hydrogens (tertiary/aromatic N) is 1. The molecule has 1 aliphatic rings. The molecule has 5 nitrogen and oxygen atoms in total. The first-order valence-electron chi connectivity index (χ1n) is 8.57. The van der Waals surface area contributed by atoms with Crippen molar-refractivity contribution < 1.29 is 9.59 Å². The molecule has 2 aromatic carbocycles. The Labute approximate surface area is 157 Å². The summed E-state index contributed by atoms with van der Waals surface area (Å²) in [5.41, 5.74) is 2.20. The highest BCUT2D eigenvalue weighted by molar-refractivity contribution is 8.14. The minimum absolute atomic E-state index is 0.0651. The van der Waals surface area contributed by atoms with Crippen LogP contribution in [-0.4, -0.2) is 29.3 Å². The van der Waals surface area contributed by atoms with Gasteiger partial charge in [0.25, 0.3) is 0 Å². The van der Waals surface area contributed by atoms with Gasteiger partial charge in [-0.15, -0.1) is 0 Å². The van der Waals surface area contributed by atoms with E-state index in [2.05, 4.69) is 15.6 Å². The highest BCUT2D eigenvalue weighted by Crippen LogP contribution is 2.25. The molecule has 0 bridgehead atoms. The Morgan fingerprint density at radius 2 is 1.81 bits per heavy atom. The van der Waals surface area contributed by atoms with Crippen LogP contribution in [-0.2, 0) is 16.0 Å². The average Bonchev–Trinajstić information content (AvgIpc) is 2.67. The molecule has 2 aromatic rings. The third kappa shape index (κ3) is 5.46. The van der Waals surface area contributed by atoms with Crippen molar-refractivity contribution in [1.29, 1.82) is 0 Å². The molecule has 1 atom stereocenters. The Balaban J connectivity index is 1.47. The Bertz CT molecular complexity index is 778. The van der Waals surface area contributed by atoms with Crippen LogP contribution < -0.4 is 10.6 Å². The second-order valence-corrected chi connectivity index (χ2v) is 6.95. The predicted octanol–water partition coefficient (Wildman–Crippen LogP) is 2.70. The lowest BCUT2D eigenvalue weighted by Crippen LogP contribution is -2.35. The van der Waals surface area contributed by atoms with Gasteiger partial charge in [0.05, 0.1) is 18.2 Å². The first-order chi connectivity index (χ1) is 12.7. The van der Waals surface area contributed by atoms with Gasteiger partial charge < -0.3 is 10.6 Å². The zero-order chi connectivity index (χ0) is 18.2. The zero-order valence-corrected chi connectivity index (χ0v) is 15.2. The van der Waals surface area contributed by atoms with Crippen molar-refractivity contribution in [3.8, 4) is 0 Å². The van der Waals surface area contributed by atoms with Gasteiger partial charge in [-0.2, -0.15) is 0 Å². The fourth-order valence-electron chi connectivity index (χ4n) is 2.68. The molecule has 1 aliphatic heterocycles. The van der Waals surface area contributed by atoms with Crippen molar-refractivity contribution in [2.75, 3.05) is 12.3 Å². The summed E-state index contributed by atoms with van der Waals surface area (Å²) in [7, 11) is 0. The molecule has 0 saturated carbocycles. The predicted molar refractivity (Wildman–Crippen MR) is 105 cm³/mol. The molecule has 1 heterocycles. The average molecular weight is 367 g/mol. The van der Waals surface area contributed by atoms with E-state index in [0.29, 0.717) is 18.1 Å². The first-order valence-corrected chi connectivity index (χ1v) is 9.55. The highest BCUT2D eigenvalue weighted by Gasteiger charge is 2.22. The second-order valence-electron chi connectivity index (χ2n) is 5.99. The van der Waals surface area contributed by atoms with E-state index in [4.69, 9.17) is 0 Å². The molecule has 134 valence electrons. The minimum Gasteiger partial charge on any atom is -0.355 e. The zero-order valence-electron chi connectivity index (χ0n) is 14.4. The van der Waals surface area contributed by atoms with Crippen LogP contribution in [0.25, 0.3) is 0 Å². The normalized spacial score (nSPS) is 16.5. The third-order valence-electron chi connectivity index (χ3n) is 4.00. The van der Waals surface area contributed by atoms with Crippen molar-refractivity contribution in [3.05, 3.63) is 71.8 Å². The van der Waals surface area contributed by atoms with Crippen LogP contribution in [0.5, 0.6) is 0 Å². The lowest BCUT2D eigenvalue weighted by Gasteiger charge is -2.20. The first kappa shape index (κ1) is 18.2. The van der Waals surface area contributed by atoms with Gasteiger partial charge in [-0.05, 0) is 17.5 Å². The fraction of sp³-hybridized carbons (Fsp3) is 0.250. The summed E-state index contributed by atoms with van der Waals surface area (Å²) in [6.45, 7) is 0.592. The third-order valence-corrected chi connectivity index (χ3v) is 4.89. The Morgan fingerprint density at radius 3 is 2.54 bits per heavy atom. The highest BCUT2D eigenvalue weighted by atomic mass is 32.2. The molecular formula is C20H21N3O2S. The number of amides is 2. The van der Waals surface area contributed by atoms with Crippen LogP contribution >= 0.6 is 11.8 Å². The Kier molecular flexibility index (Phi) is 6.44. The van der Waals surface area contributed by atoms with Gasteiger partial charge >= 0.3 is 0 Å². The maximum absolute atomic E-state index is 12.0. The fourth-order valence-corrected chi connectivity index (χ4v) is 3.44. The summed E-state index contributed by atoms with van der Waals surface area (Å²) in [6, 6.07) is 19.6. The number of carbonyl (C=O) groups excluding carboxylic acids is 2. The molecule has 0 aliphatic carbocycles. The van der Waals surface area contributed by atoms with E-state index in [-0.39, 0.29) is 23.6 Å². The van der Waals surface area contributed by atoms with E-state index < -0.39 is 0 Å². The number of benzene rings is 2. The maximum atomic E-state index is 12.0. The monoisotopic (exact) mass is 367 g/mol. The van der Waals surface area contributed by atoms with Crippen molar-refractivity contribution in [3.63, 3.8) is 0 Å². The number of nitrogens with one attached hydrogen (secondary N) is 2. The Hall–Kier alpha value is -2.60. The summed E-state index contributed by atoms with van der Waals surface area (Å²) >= 11 is 1.26. The lowest BCUT2D eigenvalue weighted by molar-refractivity contribution is -0.120. The van der Waals surface area contributed by atoms with Crippen LogP contribution in [0.15, 0.2) is 65.7 Å². The van der Waals surface area contributed by atoms with Crippen LogP contribution in [0.3, 0.4) is 0 Å². The van der Waals surface area contributed by atoms with Gasteiger partial charge in [0.2, 0.25) is 11.8 Å². The molecule has 2 N–H and O–H groups in total. The quantitative estimate of drug-likeness (QED) is 0.825. The summed E-state index contributed by atoms with van der Waals surface area (Å²) < 4.78 is 0. The van der Waals surface area contributed by atoms with E-state index in [9.17, 15) is 9.59 Å². The maximum Gasteiger partial charge on any atom is 0.230 e. The van der Waals surface area contributed by atoms with Crippen molar-refractivity contribution in [1.82, 2.24) is 10.6 Å². The Morgan fingerprint density at radius 1 is 1.12 bits per heavy atom. The number of aliphatic imine (C=N–C) groups is 1. The van der Waals surface area contributed by atoms with Crippen LogP contribution in [0.1, 0.15) is 23.6 Å². The molecule has 26 heavy (non-hydrogen) atoms. The summed E-state index contributed by atoms with van der Waals surface area (Å²) in [5, 5.41) is 6.15. The number of thioether (sulfide) groups is 1. The van der Waals surface area contributed by atoms with E-state index >= 15 is 0 Å². The van der Waals surface area contributed by atoms with Gasteiger partial charge in [-0.3, -0.25) is 14.6 Å². The van der Waals surface area contributed by atoms with Gasteiger partial charge in [0.1, 0.15) is 0 Å². The van der Waals surface area contributed by atoms with Gasteiger partial charge in [-0.1, -0.05) is 72.4 Å². The van der Waals surface area contributed by atoms with Crippen LogP contribution in [0.2, 0.25) is 0 Å². The number of rotatable bonds is 6. The molecule has 0 aromatic heterocycles. The molecule has 0 fully saturated rings. The van der Waals surface area contributed by atoms with Gasteiger partial charge in [-0.25, -0.2) is 0 Å². The topological polar surface area (TPSA) is 70.6 Å². The van der Waals surface area contributed by atoms with Gasteiger partial charge in [0, 0.05) is 6.54 Å². The molecule has 2 amide bonds. The van der Waals surface area contributed by atoms with Crippen LogP contribution in [0.4, 0.5) is 0 Å². The summed E-state index contributed by atoms with van der Waals surface area (Å²) in [6.07, 6.45) is 1.13. The molecule has 6 heteroatoms. The lowest BCUT2D eigenvalue weighted by atomic mass is 10.0. The van der Waals surface area contributed by atoms with E-state index in [0.717, 1.165) is 12.0 Å². The molecule has 3 rings (SSSR count). The summed E-state index contributed by atoms with van der Waals surface area (Å²) in [5.74, 6) is 0.0978. The number of amidine groups is 1. The van der Waals surface area contributed by atoms with Crippen molar-refractivity contribution in [2.45, 2.75) is 18.9 Å².